The number of nitrogens with one attached hydrogen (secondary N) is 2. The molecule has 1 saturated carbocycles. The lowest BCUT2D eigenvalue weighted by Crippen LogP contribution is -2.58. The van der Waals surface area contributed by atoms with Gasteiger partial charge in [-0.15, -0.1) is 0 Å². The minimum Gasteiger partial charge on any atom is -0.395 e. The van der Waals surface area contributed by atoms with Crippen molar-refractivity contribution in [3.05, 3.63) is 105 Å². The number of hydrogen-bond donors (Lipinski definition) is 3. The molecule has 9 heteroatoms. The summed E-state index contributed by atoms with van der Waals surface area (Å²) in [7, 11) is 0. The summed E-state index contributed by atoms with van der Waals surface area (Å²) in [4.78, 5) is 35.8. The van der Waals surface area contributed by atoms with E-state index in [2.05, 4.69) is 10.8 Å². The lowest BCUT2D eigenvalue weighted by atomic mass is 9.76. The zero-order valence-corrected chi connectivity index (χ0v) is 23.6. The van der Waals surface area contributed by atoms with E-state index in [1.54, 1.807) is 24.3 Å². The Balaban J connectivity index is 1.57. The maximum absolute atomic E-state index is 14.3. The van der Waals surface area contributed by atoms with Gasteiger partial charge >= 0.3 is 0 Å². The van der Waals surface area contributed by atoms with Gasteiger partial charge in [0.05, 0.1) is 25.2 Å². The third-order valence-electron chi connectivity index (χ3n) is 7.80. The molecule has 1 aliphatic heterocycles. The molecule has 7 nitrogen and oxygen atoms in total. The molecule has 3 N–H and O–H groups in total. The molecule has 1 heterocycles. The normalized spacial score (nSPS) is 22.6. The Bertz CT molecular complexity index is 1340. The summed E-state index contributed by atoms with van der Waals surface area (Å²) in [5, 5.41) is 13.8. The number of hydroxylamine groups is 1. The number of benzene rings is 3. The molecule has 2 amide bonds. The summed E-state index contributed by atoms with van der Waals surface area (Å²) < 4.78 is 0. The van der Waals surface area contributed by atoms with Crippen LogP contribution in [0.15, 0.2) is 72.8 Å². The number of halogens is 2. The fraction of sp³-hybridized carbons (Fsp3) is 0.355. The Morgan fingerprint density at radius 3 is 2.50 bits per heavy atom. The lowest BCUT2D eigenvalue weighted by Gasteiger charge is -2.49. The van der Waals surface area contributed by atoms with E-state index in [1.807, 2.05) is 53.4 Å². The Morgan fingerprint density at radius 1 is 0.975 bits per heavy atom. The van der Waals surface area contributed by atoms with Crippen molar-refractivity contribution in [2.45, 2.75) is 56.3 Å². The number of nitrogens with zero attached hydrogens (tertiary/aromatic N) is 1. The van der Waals surface area contributed by atoms with Crippen molar-refractivity contribution in [2.24, 2.45) is 0 Å². The van der Waals surface area contributed by atoms with Crippen molar-refractivity contribution in [2.75, 3.05) is 13.2 Å². The topological polar surface area (TPSA) is 90.9 Å². The second-order valence-corrected chi connectivity index (χ2v) is 11.1. The third-order valence-corrected chi connectivity index (χ3v) is 8.36. The number of aliphatic hydroxyl groups is 1. The number of carbonyl (C=O) groups excluding carboxylic acids is 2. The van der Waals surface area contributed by atoms with Crippen LogP contribution in [-0.2, 0) is 16.2 Å². The minimum absolute atomic E-state index is 0.00375. The van der Waals surface area contributed by atoms with Crippen molar-refractivity contribution in [3.63, 3.8) is 0 Å². The Morgan fingerprint density at radius 2 is 1.73 bits per heavy atom. The van der Waals surface area contributed by atoms with E-state index in [4.69, 9.17) is 28.0 Å². The first-order chi connectivity index (χ1) is 19.5. The molecule has 0 saturated heterocycles. The van der Waals surface area contributed by atoms with Gasteiger partial charge in [0.1, 0.15) is 0 Å². The molecule has 1 unspecified atom stereocenters. The first-order valence-electron chi connectivity index (χ1n) is 13.7. The zero-order chi connectivity index (χ0) is 28.1. The third kappa shape index (κ3) is 6.04. The quantitative estimate of drug-likeness (QED) is 0.294. The molecule has 40 heavy (non-hydrogen) atoms. The average molecular weight is 583 g/mol. The van der Waals surface area contributed by atoms with Crippen molar-refractivity contribution in [1.82, 2.24) is 15.7 Å². The molecule has 210 valence electrons. The monoisotopic (exact) mass is 581 g/mol. The van der Waals surface area contributed by atoms with Crippen LogP contribution >= 0.6 is 23.2 Å². The standard InChI is InChI=1S/C31H33Cl2N3O4/c32-21-14-15-24(25(33)18-21)29-28(30(38)35-40-19-20-8-2-1-3-9-20)22-10-4-5-11-23(22)31(39)36(29)27-13-7-6-12-26(27)34-16-17-37/h1-5,8-11,14-15,18,26-29,34,37H,6-7,12-13,16-17,19H2,(H,35,38)/t26-,27?,28+,29-/m0/s1. The first kappa shape index (κ1) is 28.6. The number of aliphatic hydroxyl groups excluding tert-OH is 1. The predicted molar refractivity (Wildman–Crippen MR) is 155 cm³/mol. The highest BCUT2D eigenvalue weighted by Crippen LogP contribution is 2.47. The van der Waals surface area contributed by atoms with Crippen LogP contribution in [0.4, 0.5) is 0 Å². The zero-order valence-electron chi connectivity index (χ0n) is 22.1. The van der Waals surface area contributed by atoms with E-state index in [-0.39, 0.29) is 37.1 Å². The summed E-state index contributed by atoms with van der Waals surface area (Å²) in [5.41, 5.74) is 5.33. The van der Waals surface area contributed by atoms with Crippen molar-refractivity contribution in [3.8, 4) is 0 Å². The van der Waals surface area contributed by atoms with Crippen LogP contribution in [0.5, 0.6) is 0 Å². The predicted octanol–water partition coefficient (Wildman–Crippen LogP) is 5.42. The molecule has 3 aromatic carbocycles. The lowest BCUT2D eigenvalue weighted by molar-refractivity contribution is -0.138. The molecule has 0 aromatic heterocycles. The number of amides is 2. The van der Waals surface area contributed by atoms with Gasteiger partial charge < -0.3 is 15.3 Å². The largest absolute Gasteiger partial charge is 0.395 e. The van der Waals surface area contributed by atoms with Crippen molar-refractivity contribution >= 4 is 35.0 Å². The highest BCUT2D eigenvalue weighted by atomic mass is 35.5. The number of rotatable bonds is 9. The van der Waals surface area contributed by atoms with Crippen LogP contribution < -0.4 is 10.8 Å². The fourth-order valence-electron chi connectivity index (χ4n) is 6.03. The molecule has 0 spiro atoms. The van der Waals surface area contributed by atoms with E-state index in [1.165, 1.54) is 0 Å². The van der Waals surface area contributed by atoms with Crippen LogP contribution in [0, 0.1) is 0 Å². The van der Waals surface area contributed by atoms with Crippen LogP contribution in [-0.4, -0.2) is 47.1 Å². The van der Waals surface area contributed by atoms with Crippen LogP contribution in [0.1, 0.15) is 64.7 Å². The number of hydrogen-bond acceptors (Lipinski definition) is 5. The second-order valence-electron chi connectivity index (χ2n) is 10.3. The molecular weight excluding hydrogens is 549 g/mol. The number of carbonyl (C=O) groups is 2. The van der Waals surface area contributed by atoms with E-state index < -0.39 is 12.0 Å². The number of fused-ring (bicyclic) bond motifs is 1. The van der Waals surface area contributed by atoms with E-state index >= 15 is 0 Å². The molecular formula is C31H33Cl2N3O4. The molecule has 2 aliphatic rings. The van der Waals surface area contributed by atoms with Gasteiger partial charge in [0.25, 0.3) is 11.8 Å². The van der Waals surface area contributed by atoms with Gasteiger partial charge in [-0.2, -0.15) is 0 Å². The van der Waals surface area contributed by atoms with Crippen molar-refractivity contribution in [1.29, 1.82) is 0 Å². The molecule has 3 aromatic rings. The van der Waals surface area contributed by atoms with Crippen LogP contribution in [0.3, 0.4) is 0 Å². The summed E-state index contributed by atoms with van der Waals surface area (Å²) in [5.74, 6) is -1.31. The maximum Gasteiger partial charge on any atom is 0.255 e. The Kier molecular flexibility index (Phi) is 9.40. The van der Waals surface area contributed by atoms with E-state index in [0.717, 1.165) is 31.2 Å². The second kappa shape index (κ2) is 13.1. The highest BCUT2D eigenvalue weighted by molar-refractivity contribution is 6.35. The maximum atomic E-state index is 14.3. The van der Waals surface area contributed by atoms with Gasteiger partial charge in [0.15, 0.2) is 0 Å². The summed E-state index contributed by atoms with van der Waals surface area (Å²) >= 11 is 13.0. The van der Waals surface area contributed by atoms with Gasteiger partial charge in [-0.05, 0) is 47.7 Å². The van der Waals surface area contributed by atoms with Gasteiger partial charge in [0.2, 0.25) is 0 Å². The summed E-state index contributed by atoms with van der Waals surface area (Å²) in [6.45, 7) is 0.616. The van der Waals surface area contributed by atoms with Gasteiger partial charge in [-0.3, -0.25) is 14.4 Å². The van der Waals surface area contributed by atoms with Gasteiger partial charge in [-0.25, -0.2) is 5.48 Å². The van der Waals surface area contributed by atoms with Gasteiger partial charge in [-0.1, -0.05) is 90.6 Å². The van der Waals surface area contributed by atoms with Crippen LogP contribution in [0.25, 0.3) is 0 Å². The smallest absolute Gasteiger partial charge is 0.255 e. The molecule has 1 aliphatic carbocycles. The molecule has 1 fully saturated rings. The van der Waals surface area contributed by atoms with E-state index in [9.17, 15) is 14.7 Å². The minimum atomic E-state index is -0.788. The molecule has 0 radical (unpaired) electrons. The average Bonchev–Trinajstić information content (AvgIpc) is 2.97. The summed E-state index contributed by atoms with van der Waals surface area (Å²) in [6.07, 6.45) is 3.58. The van der Waals surface area contributed by atoms with E-state index in [0.29, 0.717) is 33.3 Å². The van der Waals surface area contributed by atoms with Crippen LogP contribution in [0.2, 0.25) is 10.0 Å². The fourth-order valence-corrected chi connectivity index (χ4v) is 6.55. The Labute approximate surface area is 244 Å². The SMILES string of the molecule is O=C(NOCc1ccccc1)[C@@H]1c2ccccc2C(=O)N(C2CCCC[C@@H]2NCCO)[C@H]1c1ccc(Cl)cc1Cl. The van der Waals surface area contributed by atoms with Gasteiger partial charge in [0, 0.05) is 34.2 Å². The molecule has 5 rings (SSSR count). The molecule has 0 bridgehead atoms. The van der Waals surface area contributed by atoms with Crippen molar-refractivity contribution < 1.29 is 19.5 Å². The summed E-state index contributed by atoms with van der Waals surface area (Å²) in [6, 6.07) is 21.0. The first-order valence-corrected chi connectivity index (χ1v) is 14.4. The molecule has 4 atom stereocenters. The Hall–Kier alpha value is -2.94. The highest BCUT2D eigenvalue weighted by Gasteiger charge is 2.49.